The number of rotatable bonds is 4. The number of β-amino-alcohol motifs (C(OH)–C–C–N with tert-alkyl or cyclic N) is 1. The maximum absolute atomic E-state index is 12.5. The Kier molecular flexibility index (Phi) is 5.85. The van der Waals surface area contributed by atoms with Crippen molar-refractivity contribution in [2.24, 2.45) is 0 Å². The number of H-pyrrole nitrogens is 1. The van der Waals surface area contributed by atoms with Gasteiger partial charge in [-0.05, 0) is 5.56 Å². The Bertz CT molecular complexity index is 781. The molecule has 132 valence electrons. The van der Waals surface area contributed by atoms with Crippen LogP contribution >= 0.6 is 11.8 Å². The average Bonchev–Trinajstić information content (AvgIpc) is 2.85. The van der Waals surface area contributed by atoms with Gasteiger partial charge in [-0.1, -0.05) is 42.1 Å². The third-order valence-corrected chi connectivity index (χ3v) is 4.72. The lowest BCUT2D eigenvalue weighted by atomic mass is 10.2. The number of ether oxygens (including phenoxy) is 1. The number of benzene rings is 1. The molecule has 1 atom stereocenters. The van der Waals surface area contributed by atoms with E-state index < -0.39 is 17.6 Å². The lowest BCUT2D eigenvalue weighted by Crippen LogP contribution is -2.40. The van der Waals surface area contributed by atoms with E-state index in [0.29, 0.717) is 24.1 Å². The second-order valence-electron chi connectivity index (χ2n) is 5.69. The summed E-state index contributed by atoms with van der Waals surface area (Å²) in [5.41, 5.74) is 0.613. The molecule has 0 radical (unpaired) electrons. The predicted octanol–water partition coefficient (Wildman–Crippen LogP) is 0.895. The van der Waals surface area contributed by atoms with Crippen molar-refractivity contribution in [2.45, 2.75) is 17.0 Å². The van der Waals surface area contributed by atoms with Crippen molar-refractivity contribution < 1.29 is 14.6 Å². The van der Waals surface area contributed by atoms with Gasteiger partial charge in [0.15, 0.2) is 5.16 Å². The second-order valence-corrected chi connectivity index (χ2v) is 6.65. The fourth-order valence-corrected chi connectivity index (χ4v) is 3.27. The number of carbonyl (C=O) groups is 1. The van der Waals surface area contributed by atoms with Gasteiger partial charge in [-0.25, -0.2) is 4.98 Å². The van der Waals surface area contributed by atoms with Crippen molar-refractivity contribution in [3.05, 3.63) is 58.0 Å². The molecular weight excluding hydrogens is 342 g/mol. The van der Waals surface area contributed by atoms with Gasteiger partial charge in [0, 0.05) is 25.0 Å². The molecule has 3 rings (SSSR count). The van der Waals surface area contributed by atoms with E-state index in [-0.39, 0.29) is 18.7 Å². The molecule has 0 saturated carbocycles. The number of thioether (sulfide) groups is 1. The van der Waals surface area contributed by atoms with E-state index in [1.54, 1.807) is 0 Å². The summed E-state index contributed by atoms with van der Waals surface area (Å²) in [5, 5.41) is 10.2. The predicted molar refractivity (Wildman–Crippen MR) is 93.6 cm³/mol. The molecule has 1 aromatic heterocycles. The molecular formula is C17H19N3O4S. The number of amides is 1. The van der Waals surface area contributed by atoms with Gasteiger partial charge in [0.05, 0.1) is 19.3 Å². The van der Waals surface area contributed by atoms with Crippen molar-refractivity contribution in [2.75, 3.05) is 26.3 Å². The van der Waals surface area contributed by atoms with E-state index >= 15 is 0 Å². The summed E-state index contributed by atoms with van der Waals surface area (Å²) in [4.78, 5) is 33.0. The van der Waals surface area contributed by atoms with Crippen LogP contribution in [-0.4, -0.2) is 58.3 Å². The minimum atomic E-state index is -0.751. The quantitative estimate of drug-likeness (QED) is 0.620. The van der Waals surface area contributed by atoms with Crippen molar-refractivity contribution in [3.63, 3.8) is 0 Å². The van der Waals surface area contributed by atoms with Crippen molar-refractivity contribution in [3.8, 4) is 0 Å². The summed E-state index contributed by atoms with van der Waals surface area (Å²) in [6, 6.07) is 9.84. The maximum Gasteiger partial charge on any atom is 0.264 e. The summed E-state index contributed by atoms with van der Waals surface area (Å²) in [5.74, 6) is 0.227. The monoisotopic (exact) mass is 361 g/mol. The first-order valence-electron chi connectivity index (χ1n) is 7.94. The standard InChI is InChI=1S/C17H19N3O4S/c21-13-9-20(6-7-24-10-13)16(23)14-8-18-17(19-15(14)22)25-11-12-4-2-1-3-5-12/h1-5,8,13,21H,6-7,9-11H2,(H,18,19,22). The van der Waals surface area contributed by atoms with Crippen LogP contribution in [0.3, 0.4) is 0 Å². The van der Waals surface area contributed by atoms with Crippen LogP contribution in [0.25, 0.3) is 0 Å². The Morgan fingerprint density at radius 3 is 2.96 bits per heavy atom. The van der Waals surface area contributed by atoms with Crippen molar-refractivity contribution in [1.82, 2.24) is 14.9 Å². The van der Waals surface area contributed by atoms with Crippen molar-refractivity contribution in [1.29, 1.82) is 0 Å². The van der Waals surface area contributed by atoms with E-state index in [9.17, 15) is 14.7 Å². The first-order chi connectivity index (χ1) is 12.1. The maximum atomic E-state index is 12.5. The number of hydrogen-bond acceptors (Lipinski definition) is 6. The Balaban J connectivity index is 1.68. The van der Waals surface area contributed by atoms with Gasteiger partial charge < -0.3 is 19.7 Å². The molecule has 8 heteroatoms. The largest absolute Gasteiger partial charge is 0.389 e. The fraction of sp³-hybridized carbons (Fsp3) is 0.353. The first kappa shape index (κ1) is 17.7. The molecule has 7 nitrogen and oxygen atoms in total. The van der Waals surface area contributed by atoms with Gasteiger partial charge in [0.2, 0.25) is 0 Å². The van der Waals surface area contributed by atoms with Crippen LogP contribution in [0.15, 0.2) is 46.5 Å². The van der Waals surface area contributed by atoms with Crippen LogP contribution in [0.4, 0.5) is 0 Å². The van der Waals surface area contributed by atoms with Crippen LogP contribution in [0.1, 0.15) is 15.9 Å². The normalized spacial score (nSPS) is 18.0. The molecule has 1 fully saturated rings. The van der Waals surface area contributed by atoms with E-state index in [2.05, 4.69) is 9.97 Å². The number of carbonyl (C=O) groups excluding carboxylic acids is 1. The number of aliphatic hydroxyl groups excluding tert-OH is 1. The number of aromatic amines is 1. The number of aliphatic hydroxyl groups is 1. The van der Waals surface area contributed by atoms with Crippen LogP contribution in [0.5, 0.6) is 0 Å². The highest BCUT2D eigenvalue weighted by atomic mass is 32.2. The molecule has 1 saturated heterocycles. The van der Waals surface area contributed by atoms with Gasteiger partial charge in [-0.3, -0.25) is 9.59 Å². The molecule has 0 aliphatic carbocycles. The highest BCUT2D eigenvalue weighted by Crippen LogP contribution is 2.17. The SMILES string of the molecule is O=C(c1cnc(SCc2ccccc2)[nH]c1=O)N1CCOCC(O)C1. The minimum Gasteiger partial charge on any atom is -0.389 e. The molecule has 2 heterocycles. The van der Waals surface area contributed by atoms with Crippen LogP contribution in [0.2, 0.25) is 0 Å². The highest BCUT2D eigenvalue weighted by molar-refractivity contribution is 7.98. The minimum absolute atomic E-state index is 0.0295. The molecule has 1 aromatic carbocycles. The summed E-state index contributed by atoms with van der Waals surface area (Å²) in [7, 11) is 0. The van der Waals surface area contributed by atoms with Crippen LogP contribution in [-0.2, 0) is 10.5 Å². The Labute approximate surface area is 149 Å². The molecule has 0 bridgehead atoms. The highest BCUT2D eigenvalue weighted by Gasteiger charge is 2.24. The summed E-state index contributed by atoms with van der Waals surface area (Å²) in [6.07, 6.45) is 0.547. The zero-order valence-electron chi connectivity index (χ0n) is 13.6. The molecule has 1 amide bonds. The molecule has 0 spiro atoms. The number of nitrogens with one attached hydrogen (secondary N) is 1. The second kappa shape index (κ2) is 8.28. The van der Waals surface area contributed by atoms with Gasteiger partial charge in [-0.2, -0.15) is 0 Å². The van der Waals surface area contributed by atoms with Gasteiger partial charge in [0.25, 0.3) is 11.5 Å². The number of hydrogen-bond donors (Lipinski definition) is 2. The van der Waals surface area contributed by atoms with Crippen LogP contribution in [0, 0.1) is 0 Å². The summed E-state index contributed by atoms with van der Waals surface area (Å²) in [6.45, 7) is 0.995. The molecule has 25 heavy (non-hydrogen) atoms. The average molecular weight is 361 g/mol. The van der Waals surface area contributed by atoms with Crippen molar-refractivity contribution >= 4 is 17.7 Å². The molecule has 1 aliphatic heterocycles. The Morgan fingerprint density at radius 1 is 1.40 bits per heavy atom. The fourth-order valence-electron chi connectivity index (χ4n) is 2.48. The van der Waals surface area contributed by atoms with Gasteiger partial charge >= 0.3 is 0 Å². The number of aromatic nitrogens is 2. The topological polar surface area (TPSA) is 95.5 Å². The van der Waals surface area contributed by atoms with E-state index in [0.717, 1.165) is 5.56 Å². The van der Waals surface area contributed by atoms with E-state index in [1.165, 1.54) is 22.9 Å². The Morgan fingerprint density at radius 2 is 2.20 bits per heavy atom. The lowest BCUT2D eigenvalue weighted by Gasteiger charge is -2.20. The first-order valence-corrected chi connectivity index (χ1v) is 8.93. The molecule has 2 N–H and O–H groups in total. The Hall–Kier alpha value is -2.16. The smallest absolute Gasteiger partial charge is 0.264 e. The summed E-state index contributed by atoms with van der Waals surface area (Å²) < 4.78 is 5.20. The van der Waals surface area contributed by atoms with Crippen LogP contribution < -0.4 is 5.56 Å². The lowest BCUT2D eigenvalue weighted by molar-refractivity contribution is 0.0533. The summed E-state index contributed by atoms with van der Waals surface area (Å²) >= 11 is 1.40. The third kappa shape index (κ3) is 4.68. The zero-order valence-corrected chi connectivity index (χ0v) is 14.4. The van der Waals surface area contributed by atoms with E-state index in [1.807, 2.05) is 30.3 Å². The molecule has 1 aliphatic rings. The van der Waals surface area contributed by atoms with Gasteiger partial charge in [-0.15, -0.1) is 0 Å². The molecule has 2 aromatic rings. The van der Waals surface area contributed by atoms with E-state index in [4.69, 9.17) is 4.74 Å². The zero-order chi connectivity index (χ0) is 17.6. The van der Waals surface area contributed by atoms with Gasteiger partial charge in [0.1, 0.15) is 5.56 Å². The third-order valence-electron chi connectivity index (χ3n) is 3.76. The molecule has 1 unspecified atom stereocenters. The number of nitrogens with zero attached hydrogens (tertiary/aromatic N) is 2.